The molecule has 2 aromatic carbocycles. The number of amides is 2. The molecule has 0 saturated carbocycles. The van der Waals surface area contributed by atoms with Crippen molar-refractivity contribution in [1.29, 1.82) is 0 Å². The summed E-state index contributed by atoms with van der Waals surface area (Å²) in [6, 6.07) is 12.7. The van der Waals surface area contributed by atoms with Crippen molar-refractivity contribution in [1.82, 2.24) is 0 Å². The molecule has 0 bridgehead atoms. The largest absolute Gasteiger partial charge is 0.456 e. The lowest BCUT2D eigenvalue weighted by molar-refractivity contribution is -0.147. The number of carbonyl (C=O) groups is 3. The first-order valence-corrected chi connectivity index (χ1v) is 9.21. The van der Waals surface area contributed by atoms with Gasteiger partial charge in [0.15, 0.2) is 6.61 Å². The number of aryl methyl sites for hydroxylation is 2. The van der Waals surface area contributed by atoms with Gasteiger partial charge in [0, 0.05) is 22.3 Å². The number of carbonyl (C=O) groups excluding carboxylic acids is 3. The molecule has 0 atom stereocenters. The van der Waals surface area contributed by atoms with Gasteiger partial charge in [0.2, 0.25) is 5.91 Å². The second kappa shape index (κ2) is 9.87. The molecule has 0 unspecified atom stereocenters. The number of nitrogens with one attached hydrogen (secondary N) is 2. The molecule has 0 saturated heterocycles. The van der Waals surface area contributed by atoms with Crippen LogP contribution in [0.25, 0.3) is 0 Å². The summed E-state index contributed by atoms with van der Waals surface area (Å²) in [6.07, 6.45) is -0.118. The van der Waals surface area contributed by atoms with Gasteiger partial charge >= 0.3 is 5.97 Å². The third-order valence-electron chi connectivity index (χ3n) is 3.70. The minimum atomic E-state index is -0.600. The number of rotatable bonds is 7. The van der Waals surface area contributed by atoms with Crippen LogP contribution in [0.3, 0.4) is 0 Å². The lowest BCUT2D eigenvalue weighted by atomic mass is 10.1. The van der Waals surface area contributed by atoms with Gasteiger partial charge in [-0.3, -0.25) is 14.4 Å². The predicted molar refractivity (Wildman–Crippen MR) is 108 cm³/mol. The van der Waals surface area contributed by atoms with E-state index in [1.54, 1.807) is 30.3 Å². The summed E-state index contributed by atoms with van der Waals surface area (Å²) in [5.74, 6) is -1.32. The Hall–Kier alpha value is -2.67. The third kappa shape index (κ3) is 7.22. The van der Waals surface area contributed by atoms with Crippen LogP contribution in [-0.4, -0.2) is 24.4 Å². The molecule has 0 heterocycles. The molecule has 27 heavy (non-hydrogen) atoms. The van der Waals surface area contributed by atoms with E-state index < -0.39 is 11.9 Å². The van der Waals surface area contributed by atoms with E-state index in [9.17, 15) is 14.4 Å². The number of benzene rings is 2. The summed E-state index contributed by atoms with van der Waals surface area (Å²) < 4.78 is 5.82. The lowest BCUT2D eigenvalue weighted by Gasteiger charge is -2.10. The molecule has 0 radical (unpaired) electrons. The van der Waals surface area contributed by atoms with Crippen molar-refractivity contribution >= 4 is 45.1 Å². The van der Waals surface area contributed by atoms with Crippen LogP contribution in [0.15, 0.2) is 46.9 Å². The number of esters is 1. The fraction of sp³-hybridized carbons (Fsp3) is 0.250. The van der Waals surface area contributed by atoms with Gasteiger partial charge in [0.25, 0.3) is 5.91 Å². The van der Waals surface area contributed by atoms with E-state index in [2.05, 4.69) is 26.6 Å². The van der Waals surface area contributed by atoms with Crippen molar-refractivity contribution in [3.05, 3.63) is 58.1 Å². The zero-order valence-corrected chi connectivity index (χ0v) is 16.8. The number of anilines is 2. The number of halogens is 1. The SMILES string of the molecule is Cc1ccc(NC(=O)COC(=O)CCC(=O)Nc2ccc(Br)cc2)c(C)c1. The van der Waals surface area contributed by atoms with E-state index >= 15 is 0 Å². The molecule has 0 aliphatic heterocycles. The van der Waals surface area contributed by atoms with Crippen LogP contribution < -0.4 is 10.6 Å². The molecule has 7 heteroatoms. The fourth-order valence-electron chi connectivity index (χ4n) is 2.33. The van der Waals surface area contributed by atoms with Gasteiger partial charge < -0.3 is 15.4 Å². The normalized spacial score (nSPS) is 10.2. The molecule has 142 valence electrons. The van der Waals surface area contributed by atoms with Crippen LogP contribution in [0.1, 0.15) is 24.0 Å². The van der Waals surface area contributed by atoms with Gasteiger partial charge in [-0.1, -0.05) is 33.6 Å². The maximum Gasteiger partial charge on any atom is 0.306 e. The Bertz CT molecular complexity index is 834. The summed E-state index contributed by atoms with van der Waals surface area (Å²) in [5, 5.41) is 5.38. The molecule has 2 N–H and O–H groups in total. The Morgan fingerprint density at radius 2 is 1.63 bits per heavy atom. The van der Waals surface area contributed by atoms with E-state index in [4.69, 9.17) is 4.74 Å². The van der Waals surface area contributed by atoms with Crippen molar-refractivity contribution in [3.8, 4) is 0 Å². The summed E-state index contributed by atoms with van der Waals surface area (Å²) in [4.78, 5) is 35.5. The predicted octanol–water partition coefficient (Wildman–Crippen LogP) is 3.97. The van der Waals surface area contributed by atoms with E-state index in [1.807, 2.05) is 26.0 Å². The highest BCUT2D eigenvalue weighted by atomic mass is 79.9. The van der Waals surface area contributed by atoms with Gasteiger partial charge in [0.05, 0.1) is 6.42 Å². The summed E-state index contributed by atoms with van der Waals surface area (Å²) in [6.45, 7) is 3.46. The van der Waals surface area contributed by atoms with Crippen molar-refractivity contribution in [2.24, 2.45) is 0 Å². The van der Waals surface area contributed by atoms with Crippen LogP contribution in [0, 0.1) is 13.8 Å². The van der Waals surface area contributed by atoms with E-state index in [0.717, 1.165) is 15.6 Å². The molecule has 0 aliphatic carbocycles. The summed E-state index contributed by atoms with van der Waals surface area (Å²) in [5.41, 5.74) is 3.34. The summed E-state index contributed by atoms with van der Waals surface area (Å²) >= 11 is 3.31. The van der Waals surface area contributed by atoms with Gasteiger partial charge in [-0.25, -0.2) is 0 Å². The molecular formula is C20H21BrN2O4. The molecule has 0 aromatic heterocycles. The quantitative estimate of drug-likeness (QED) is 0.648. The monoisotopic (exact) mass is 432 g/mol. The molecule has 0 aliphatic rings. The van der Waals surface area contributed by atoms with Crippen molar-refractivity contribution in [2.45, 2.75) is 26.7 Å². The standard InChI is InChI=1S/C20H21BrN2O4/c1-13-3-8-17(14(2)11-13)23-19(25)12-27-20(26)10-9-18(24)22-16-6-4-15(21)5-7-16/h3-8,11H,9-10,12H2,1-2H3,(H,22,24)(H,23,25). The molecule has 0 spiro atoms. The molecule has 0 fully saturated rings. The topological polar surface area (TPSA) is 84.5 Å². The highest BCUT2D eigenvalue weighted by Gasteiger charge is 2.11. The molecule has 2 amide bonds. The second-order valence-corrected chi connectivity index (χ2v) is 7.00. The third-order valence-corrected chi connectivity index (χ3v) is 4.23. The van der Waals surface area contributed by atoms with E-state index in [1.165, 1.54) is 0 Å². The van der Waals surface area contributed by atoms with Gasteiger partial charge in [0.1, 0.15) is 0 Å². The van der Waals surface area contributed by atoms with Gasteiger partial charge in [-0.2, -0.15) is 0 Å². The summed E-state index contributed by atoms with van der Waals surface area (Å²) in [7, 11) is 0. The highest BCUT2D eigenvalue weighted by molar-refractivity contribution is 9.10. The minimum Gasteiger partial charge on any atom is -0.456 e. The van der Waals surface area contributed by atoms with Crippen molar-refractivity contribution in [2.75, 3.05) is 17.2 Å². The Kier molecular flexibility index (Phi) is 7.55. The Labute approximate surface area is 166 Å². The number of hydrogen-bond donors (Lipinski definition) is 2. The number of hydrogen-bond acceptors (Lipinski definition) is 4. The smallest absolute Gasteiger partial charge is 0.306 e. The maximum absolute atomic E-state index is 11.9. The average Bonchev–Trinajstić information content (AvgIpc) is 2.62. The van der Waals surface area contributed by atoms with Crippen LogP contribution in [0.4, 0.5) is 11.4 Å². The fourth-order valence-corrected chi connectivity index (χ4v) is 2.59. The Morgan fingerprint density at radius 3 is 2.30 bits per heavy atom. The number of ether oxygens (including phenoxy) is 1. The molecular weight excluding hydrogens is 412 g/mol. The van der Waals surface area contributed by atoms with Crippen LogP contribution >= 0.6 is 15.9 Å². The maximum atomic E-state index is 11.9. The zero-order chi connectivity index (χ0) is 19.8. The molecule has 2 aromatic rings. The molecule has 2 rings (SSSR count). The average molecular weight is 433 g/mol. The lowest BCUT2D eigenvalue weighted by Crippen LogP contribution is -2.22. The second-order valence-electron chi connectivity index (χ2n) is 6.08. The van der Waals surface area contributed by atoms with E-state index in [0.29, 0.717) is 11.4 Å². The van der Waals surface area contributed by atoms with Gasteiger partial charge in [-0.05, 0) is 49.7 Å². The minimum absolute atomic E-state index is 0.0203. The van der Waals surface area contributed by atoms with Gasteiger partial charge in [-0.15, -0.1) is 0 Å². The van der Waals surface area contributed by atoms with E-state index in [-0.39, 0.29) is 25.4 Å². The first-order chi connectivity index (χ1) is 12.8. The van der Waals surface area contributed by atoms with Crippen molar-refractivity contribution in [3.63, 3.8) is 0 Å². The van der Waals surface area contributed by atoms with Crippen LogP contribution in [0.2, 0.25) is 0 Å². The molecule has 6 nitrogen and oxygen atoms in total. The van der Waals surface area contributed by atoms with Crippen LogP contribution in [0.5, 0.6) is 0 Å². The van der Waals surface area contributed by atoms with Crippen molar-refractivity contribution < 1.29 is 19.1 Å². The Balaban J connectivity index is 1.69. The Morgan fingerprint density at radius 1 is 0.926 bits per heavy atom. The highest BCUT2D eigenvalue weighted by Crippen LogP contribution is 2.16. The van der Waals surface area contributed by atoms with Crippen LogP contribution in [-0.2, 0) is 19.1 Å². The first-order valence-electron chi connectivity index (χ1n) is 8.41. The zero-order valence-electron chi connectivity index (χ0n) is 15.2. The first kappa shape index (κ1) is 20.6.